The Bertz CT molecular complexity index is 419. The molecule has 88 valence electrons. The Morgan fingerprint density at radius 3 is 2.38 bits per heavy atom. The first-order valence-electron chi connectivity index (χ1n) is 5.02. The highest BCUT2D eigenvalue weighted by Crippen LogP contribution is 2.18. The Kier molecular flexibility index (Phi) is 3.86. The van der Waals surface area contributed by atoms with Gasteiger partial charge in [0.1, 0.15) is 0 Å². The molecule has 4 heteroatoms. The summed E-state index contributed by atoms with van der Waals surface area (Å²) in [6.07, 6.45) is 0. The fourth-order valence-corrected chi connectivity index (χ4v) is 2.18. The Morgan fingerprint density at radius 2 is 1.88 bits per heavy atom. The van der Waals surface area contributed by atoms with Crippen LogP contribution in [0.15, 0.2) is 24.3 Å². The van der Waals surface area contributed by atoms with Gasteiger partial charge in [0.25, 0.3) is 0 Å². The zero-order chi connectivity index (χ0) is 12.3. The molecule has 0 bridgehead atoms. The van der Waals surface area contributed by atoms with Crippen molar-refractivity contribution in [3.8, 4) is 0 Å². The highest BCUT2D eigenvalue weighted by atomic mass is 32.2. The lowest BCUT2D eigenvalue weighted by Gasteiger charge is -2.18. The molecule has 1 aromatic carbocycles. The van der Waals surface area contributed by atoms with E-state index in [0.29, 0.717) is 5.56 Å². The van der Waals surface area contributed by atoms with Gasteiger partial charge in [-0.1, -0.05) is 18.2 Å². The second-order valence-corrected chi connectivity index (χ2v) is 6.77. The third kappa shape index (κ3) is 3.17. The molecule has 1 rings (SSSR count). The van der Waals surface area contributed by atoms with Crippen LogP contribution in [0.25, 0.3) is 0 Å². The van der Waals surface area contributed by atoms with E-state index in [4.69, 9.17) is 5.11 Å². The molecule has 0 saturated heterocycles. The van der Waals surface area contributed by atoms with Crippen molar-refractivity contribution < 1.29 is 14.1 Å². The first kappa shape index (κ1) is 12.9. The maximum Gasteiger partial charge on any atom is 0.335 e. The monoisotopic (exact) mass is 240 g/mol. The van der Waals surface area contributed by atoms with Crippen LogP contribution >= 0.6 is 0 Å². The van der Waals surface area contributed by atoms with Gasteiger partial charge in [0.05, 0.1) is 5.56 Å². The van der Waals surface area contributed by atoms with Crippen molar-refractivity contribution in [2.24, 2.45) is 0 Å². The molecule has 0 saturated carbocycles. The molecule has 1 N–H and O–H groups in total. The number of hydrogen-bond acceptors (Lipinski definition) is 2. The van der Waals surface area contributed by atoms with Crippen LogP contribution in [0.3, 0.4) is 0 Å². The second kappa shape index (κ2) is 4.78. The van der Waals surface area contributed by atoms with Gasteiger partial charge in [0, 0.05) is 21.3 Å². The largest absolute Gasteiger partial charge is 0.478 e. The van der Waals surface area contributed by atoms with Crippen molar-refractivity contribution in [3.05, 3.63) is 35.4 Å². The van der Waals surface area contributed by atoms with Crippen LogP contribution < -0.4 is 0 Å². The van der Waals surface area contributed by atoms with Gasteiger partial charge in [-0.25, -0.2) is 4.79 Å². The minimum atomic E-state index is -1.08. The summed E-state index contributed by atoms with van der Waals surface area (Å²) in [5.74, 6) is -0.687. The van der Waals surface area contributed by atoms with Gasteiger partial charge in [-0.15, -0.1) is 0 Å². The fourth-order valence-electron chi connectivity index (χ4n) is 1.21. The van der Waals surface area contributed by atoms with E-state index in [1.807, 2.05) is 20.8 Å². The quantitative estimate of drug-likeness (QED) is 0.882. The van der Waals surface area contributed by atoms with E-state index >= 15 is 0 Å². The summed E-state index contributed by atoms with van der Waals surface area (Å²) in [5, 5.41) is 8.98. The molecule has 0 radical (unpaired) electrons. The Balaban J connectivity index is 2.98. The summed E-state index contributed by atoms with van der Waals surface area (Å²) < 4.78 is 11.6. The molecule has 1 atom stereocenters. The maximum absolute atomic E-state index is 11.9. The molecule has 0 aromatic heterocycles. The highest BCUT2D eigenvalue weighted by Gasteiger charge is 2.21. The average molecular weight is 240 g/mol. The van der Waals surface area contributed by atoms with Gasteiger partial charge in [-0.05, 0) is 32.4 Å². The van der Waals surface area contributed by atoms with Gasteiger partial charge < -0.3 is 5.11 Å². The van der Waals surface area contributed by atoms with Crippen molar-refractivity contribution in [2.75, 3.05) is 0 Å². The highest BCUT2D eigenvalue weighted by molar-refractivity contribution is 7.85. The third-order valence-electron chi connectivity index (χ3n) is 2.22. The molecule has 1 aromatic rings. The molecule has 3 nitrogen and oxygen atoms in total. The lowest BCUT2D eigenvalue weighted by atomic mass is 10.1. The van der Waals surface area contributed by atoms with Crippen LogP contribution in [-0.4, -0.2) is 20.0 Å². The zero-order valence-corrected chi connectivity index (χ0v) is 10.5. The van der Waals surface area contributed by atoms with E-state index in [-0.39, 0.29) is 16.1 Å². The van der Waals surface area contributed by atoms with Crippen molar-refractivity contribution in [2.45, 2.75) is 31.3 Å². The molecule has 16 heavy (non-hydrogen) atoms. The molecule has 1 unspecified atom stereocenters. The lowest BCUT2D eigenvalue weighted by Crippen LogP contribution is -2.23. The molecule has 0 aliphatic heterocycles. The molecule has 0 fully saturated rings. The summed E-state index contributed by atoms with van der Waals surface area (Å²) in [6.45, 7) is 5.64. The van der Waals surface area contributed by atoms with Crippen LogP contribution in [0.5, 0.6) is 0 Å². The zero-order valence-electron chi connectivity index (χ0n) is 9.69. The van der Waals surface area contributed by atoms with Gasteiger partial charge in [-0.3, -0.25) is 4.21 Å². The standard InChI is InChI=1S/C12H16O3S/c1-12(2,3)16(15)8-9-6-4-5-7-10(9)11(13)14/h4-7H,8H2,1-3H3,(H,13,14). The van der Waals surface area contributed by atoms with Gasteiger partial charge in [-0.2, -0.15) is 0 Å². The summed E-state index contributed by atoms with van der Waals surface area (Å²) >= 11 is 0. The predicted octanol–water partition coefficient (Wildman–Crippen LogP) is 2.43. The fraction of sp³-hybridized carbons (Fsp3) is 0.417. The van der Waals surface area contributed by atoms with E-state index < -0.39 is 16.8 Å². The molecular weight excluding hydrogens is 224 g/mol. The number of rotatable bonds is 3. The molecule has 0 aliphatic carbocycles. The average Bonchev–Trinajstić information content (AvgIpc) is 2.16. The Morgan fingerprint density at radius 1 is 1.31 bits per heavy atom. The summed E-state index contributed by atoms with van der Waals surface area (Å²) in [6, 6.07) is 6.69. The van der Waals surface area contributed by atoms with Crippen molar-refractivity contribution >= 4 is 16.8 Å². The second-order valence-electron chi connectivity index (χ2n) is 4.56. The molecule has 0 spiro atoms. The minimum Gasteiger partial charge on any atom is -0.478 e. The molecular formula is C12H16O3S. The Labute approximate surface area is 98.0 Å². The van der Waals surface area contributed by atoms with E-state index in [0.717, 1.165) is 0 Å². The topological polar surface area (TPSA) is 54.4 Å². The van der Waals surface area contributed by atoms with Crippen molar-refractivity contribution in [1.29, 1.82) is 0 Å². The first-order chi connectivity index (χ1) is 7.32. The summed E-state index contributed by atoms with van der Waals surface area (Å²) in [7, 11) is -1.08. The van der Waals surface area contributed by atoms with E-state index in [2.05, 4.69) is 0 Å². The molecule has 0 aliphatic rings. The van der Waals surface area contributed by atoms with Crippen LogP contribution in [-0.2, 0) is 16.6 Å². The van der Waals surface area contributed by atoms with Crippen LogP contribution in [0.4, 0.5) is 0 Å². The van der Waals surface area contributed by atoms with Crippen LogP contribution in [0, 0.1) is 0 Å². The number of carboxylic acid groups (broad SMARTS) is 1. The first-order valence-corrected chi connectivity index (χ1v) is 6.34. The van der Waals surface area contributed by atoms with Gasteiger partial charge in [0.15, 0.2) is 0 Å². The predicted molar refractivity (Wildman–Crippen MR) is 65.0 cm³/mol. The number of aromatic carboxylic acids is 1. The van der Waals surface area contributed by atoms with Crippen molar-refractivity contribution in [3.63, 3.8) is 0 Å². The van der Waals surface area contributed by atoms with Crippen LogP contribution in [0.1, 0.15) is 36.7 Å². The SMILES string of the molecule is CC(C)(C)S(=O)Cc1ccccc1C(=O)O. The number of carboxylic acids is 1. The molecule has 0 amide bonds. The van der Waals surface area contributed by atoms with Crippen LogP contribution in [0.2, 0.25) is 0 Å². The van der Waals surface area contributed by atoms with Gasteiger partial charge >= 0.3 is 5.97 Å². The minimum absolute atomic E-state index is 0.236. The van der Waals surface area contributed by atoms with Gasteiger partial charge in [0.2, 0.25) is 0 Å². The molecule has 0 heterocycles. The number of hydrogen-bond donors (Lipinski definition) is 1. The maximum atomic E-state index is 11.9. The van der Waals surface area contributed by atoms with E-state index in [1.54, 1.807) is 18.2 Å². The Hall–Kier alpha value is -1.16. The smallest absolute Gasteiger partial charge is 0.335 e. The van der Waals surface area contributed by atoms with E-state index in [9.17, 15) is 9.00 Å². The summed E-state index contributed by atoms with van der Waals surface area (Å²) in [5.41, 5.74) is 0.864. The van der Waals surface area contributed by atoms with E-state index in [1.165, 1.54) is 6.07 Å². The third-order valence-corrected chi connectivity index (χ3v) is 4.16. The normalized spacial score (nSPS) is 13.4. The summed E-state index contributed by atoms with van der Waals surface area (Å²) in [4.78, 5) is 11.0. The number of benzene rings is 1. The lowest BCUT2D eigenvalue weighted by molar-refractivity contribution is 0.0696. The number of carbonyl (C=O) groups is 1. The van der Waals surface area contributed by atoms with Crippen molar-refractivity contribution in [1.82, 2.24) is 0 Å².